The Balaban J connectivity index is 2.52. The van der Waals surface area contributed by atoms with Crippen LogP contribution in [0.1, 0.15) is 30.8 Å². The minimum absolute atomic E-state index is 0.269. The highest BCUT2D eigenvalue weighted by molar-refractivity contribution is 5.88. The lowest BCUT2D eigenvalue weighted by molar-refractivity contribution is -0.115. The summed E-state index contributed by atoms with van der Waals surface area (Å²) in [5.74, 6) is 0.183. The van der Waals surface area contributed by atoms with Gasteiger partial charge in [0.1, 0.15) is 11.4 Å². The van der Waals surface area contributed by atoms with E-state index >= 15 is 0 Å². The molecule has 0 bridgehead atoms. The molecule has 0 saturated heterocycles. The van der Waals surface area contributed by atoms with Gasteiger partial charge in [0, 0.05) is 19.0 Å². The lowest BCUT2D eigenvalue weighted by Gasteiger charge is -2.10. The van der Waals surface area contributed by atoms with Crippen molar-refractivity contribution in [2.45, 2.75) is 20.3 Å². The number of nitrogens with zero attached hydrogens (tertiary/aromatic N) is 2. The zero-order valence-electron chi connectivity index (χ0n) is 12.1. The van der Waals surface area contributed by atoms with Crippen LogP contribution in [0.25, 0.3) is 11.3 Å². The Morgan fingerprint density at radius 1 is 1.33 bits per heavy atom. The van der Waals surface area contributed by atoms with Crippen molar-refractivity contribution in [3.05, 3.63) is 36.0 Å². The second-order valence-electron chi connectivity index (χ2n) is 4.58. The molecule has 1 amide bonds. The van der Waals surface area contributed by atoms with Gasteiger partial charge in [0.25, 0.3) is 0 Å². The van der Waals surface area contributed by atoms with Crippen molar-refractivity contribution in [3.63, 3.8) is 0 Å². The van der Waals surface area contributed by atoms with Gasteiger partial charge in [0.15, 0.2) is 6.29 Å². The normalized spacial score (nSPS) is 10.2. The molecule has 1 heterocycles. The number of hydrogen-bond donors (Lipinski definition) is 2. The summed E-state index contributed by atoms with van der Waals surface area (Å²) in [5.41, 5.74) is 4.29. The molecule has 2 N–H and O–H groups in total. The number of rotatable bonds is 6. The van der Waals surface area contributed by atoms with Gasteiger partial charge in [-0.1, -0.05) is 37.3 Å². The van der Waals surface area contributed by atoms with Crippen LogP contribution in [0.3, 0.4) is 0 Å². The first kappa shape index (κ1) is 14.8. The number of aromatic nitrogens is 2. The zero-order valence-corrected chi connectivity index (χ0v) is 12.1. The lowest BCUT2D eigenvalue weighted by Crippen LogP contribution is -2.24. The molecule has 110 valence electrons. The molecule has 0 aliphatic rings. The summed E-state index contributed by atoms with van der Waals surface area (Å²) in [6.45, 7) is 4.11. The van der Waals surface area contributed by atoms with Crippen LogP contribution in [0, 0.1) is 0 Å². The van der Waals surface area contributed by atoms with E-state index < -0.39 is 0 Å². The topological polar surface area (TPSA) is 76.0 Å². The molecule has 6 nitrogen and oxygen atoms in total. The molecule has 2 rings (SSSR count). The number of amides is 1. The summed E-state index contributed by atoms with van der Waals surface area (Å²) in [6, 6.07) is 9.39. The van der Waals surface area contributed by atoms with E-state index in [1.807, 2.05) is 37.3 Å². The maximum atomic E-state index is 11.5. The van der Waals surface area contributed by atoms with Gasteiger partial charge < -0.3 is 5.32 Å². The fourth-order valence-corrected chi connectivity index (χ4v) is 1.98. The van der Waals surface area contributed by atoms with Crippen molar-refractivity contribution in [3.8, 4) is 11.3 Å². The molecule has 0 aliphatic carbocycles. The summed E-state index contributed by atoms with van der Waals surface area (Å²) in [4.78, 5) is 27.2. The van der Waals surface area contributed by atoms with Crippen LogP contribution in [-0.2, 0) is 4.79 Å². The van der Waals surface area contributed by atoms with Gasteiger partial charge >= 0.3 is 0 Å². The minimum Gasteiger partial charge on any atom is -0.354 e. The maximum Gasteiger partial charge on any atom is 0.235 e. The van der Waals surface area contributed by atoms with Gasteiger partial charge in [0.2, 0.25) is 11.9 Å². The number of hydrogen-bond acceptors (Lipinski definition) is 4. The van der Waals surface area contributed by atoms with Crippen molar-refractivity contribution in [2.24, 2.45) is 0 Å². The summed E-state index contributed by atoms with van der Waals surface area (Å²) < 4.78 is 1.40. The van der Waals surface area contributed by atoms with Gasteiger partial charge in [-0.15, -0.1) is 0 Å². The van der Waals surface area contributed by atoms with Crippen molar-refractivity contribution in [2.75, 3.05) is 17.3 Å². The Hall–Kier alpha value is -2.63. The molecule has 0 unspecified atom stereocenters. The standard InChI is InChI=1S/C15H18N4O2/c1-3-9-16-15-17-14(12-7-5-4-6-8-12)13(10-20)19(15)18-11(2)21/h4-8,10H,3,9H2,1-2H3,(H,16,17)(H,18,21). The number of nitrogens with one attached hydrogen (secondary N) is 2. The second kappa shape index (κ2) is 6.69. The summed E-state index contributed by atoms with van der Waals surface area (Å²) in [5, 5.41) is 3.11. The number of benzene rings is 1. The second-order valence-corrected chi connectivity index (χ2v) is 4.58. The maximum absolute atomic E-state index is 11.5. The summed E-state index contributed by atoms with van der Waals surface area (Å²) >= 11 is 0. The Kier molecular flexibility index (Phi) is 4.71. The van der Waals surface area contributed by atoms with E-state index in [0.29, 0.717) is 30.2 Å². The molecule has 0 atom stereocenters. The van der Waals surface area contributed by atoms with Crippen LogP contribution in [-0.4, -0.2) is 28.4 Å². The molecule has 2 aromatic rings. The Labute approximate surface area is 123 Å². The lowest BCUT2D eigenvalue weighted by atomic mass is 10.1. The van der Waals surface area contributed by atoms with E-state index in [1.54, 1.807) is 0 Å². The predicted molar refractivity (Wildman–Crippen MR) is 81.9 cm³/mol. The number of carbonyl (C=O) groups is 2. The third-order valence-corrected chi connectivity index (χ3v) is 2.87. The van der Waals surface area contributed by atoms with Crippen molar-refractivity contribution >= 4 is 18.1 Å². The number of carbonyl (C=O) groups excluding carboxylic acids is 2. The van der Waals surface area contributed by atoms with Crippen molar-refractivity contribution in [1.82, 2.24) is 9.66 Å². The Morgan fingerprint density at radius 3 is 2.62 bits per heavy atom. The highest BCUT2D eigenvalue weighted by atomic mass is 16.2. The Morgan fingerprint density at radius 2 is 2.05 bits per heavy atom. The molecular formula is C15H18N4O2. The predicted octanol–water partition coefficient (Wildman–Crippen LogP) is 2.27. The highest BCUT2D eigenvalue weighted by Gasteiger charge is 2.18. The number of imidazole rings is 1. The highest BCUT2D eigenvalue weighted by Crippen LogP contribution is 2.24. The van der Waals surface area contributed by atoms with Crippen molar-refractivity contribution in [1.29, 1.82) is 0 Å². The van der Waals surface area contributed by atoms with E-state index in [-0.39, 0.29) is 5.91 Å². The van der Waals surface area contributed by atoms with Crippen LogP contribution >= 0.6 is 0 Å². The third kappa shape index (κ3) is 3.28. The van der Waals surface area contributed by atoms with E-state index in [4.69, 9.17) is 0 Å². The summed E-state index contributed by atoms with van der Waals surface area (Å²) in [7, 11) is 0. The van der Waals surface area contributed by atoms with E-state index in [2.05, 4.69) is 15.7 Å². The van der Waals surface area contributed by atoms with Gasteiger partial charge in [-0.3, -0.25) is 15.0 Å². The third-order valence-electron chi connectivity index (χ3n) is 2.87. The molecule has 0 spiro atoms. The molecule has 1 aromatic carbocycles. The van der Waals surface area contributed by atoms with E-state index in [1.165, 1.54) is 11.6 Å². The van der Waals surface area contributed by atoms with Crippen LogP contribution in [0.2, 0.25) is 0 Å². The van der Waals surface area contributed by atoms with Gasteiger partial charge in [-0.25, -0.2) is 9.66 Å². The van der Waals surface area contributed by atoms with Gasteiger partial charge in [-0.2, -0.15) is 0 Å². The Bertz CT molecular complexity index is 635. The zero-order chi connectivity index (χ0) is 15.2. The smallest absolute Gasteiger partial charge is 0.235 e. The van der Waals surface area contributed by atoms with Gasteiger partial charge in [0.05, 0.1) is 0 Å². The fourth-order valence-electron chi connectivity index (χ4n) is 1.98. The monoisotopic (exact) mass is 286 g/mol. The quantitative estimate of drug-likeness (QED) is 0.799. The summed E-state index contributed by atoms with van der Waals surface area (Å²) in [6.07, 6.45) is 1.60. The van der Waals surface area contributed by atoms with Crippen LogP contribution in [0.15, 0.2) is 30.3 Å². The fraction of sp³-hybridized carbons (Fsp3) is 0.267. The molecule has 0 saturated carbocycles. The average molecular weight is 286 g/mol. The van der Waals surface area contributed by atoms with Crippen LogP contribution < -0.4 is 10.7 Å². The molecule has 1 aromatic heterocycles. The van der Waals surface area contributed by atoms with Gasteiger partial charge in [-0.05, 0) is 6.42 Å². The SMILES string of the molecule is CCCNc1nc(-c2ccccc2)c(C=O)n1NC(C)=O. The first-order chi connectivity index (χ1) is 10.2. The largest absolute Gasteiger partial charge is 0.354 e. The number of aldehydes is 1. The molecule has 21 heavy (non-hydrogen) atoms. The molecule has 0 fully saturated rings. The van der Waals surface area contributed by atoms with Crippen LogP contribution in [0.4, 0.5) is 5.95 Å². The number of anilines is 1. The average Bonchev–Trinajstić information content (AvgIpc) is 2.83. The van der Waals surface area contributed by atoms with Crippen molar-refractivity contribution < 1.29 is 9.59 Å². The first-order valence-corrected chi connectivity index (χ1v) is 6.82. The molecule has 0 radical (unpaired) electrons. The molecule has 6 heteroatoms. The van der Waals surface area contributed by atoms with E-state index in [0.717, 1.165) is 12.0 Å². The minimum atomic E-state index is -0.269. The molecule has 0 aliphatic heterocycles. The first-order valence-electron chi connectivity index (χ1n) is 6.82. The van der Waals surface area contributed by atoms with E-state index in [9.17, 15) is 9.59 Å². The van der Waals surface area contributed by atoms with Crippen LogP contribution in [0.5, 0.6) is 0 Å². The molecular weight excluding hydrogens is 268 g/mol.